The van der Waals surface area contributed by atoms with Crippen LogP contribution < -0.4 is 4.74 Å². The standard InChI is InChI=1S/C24H35FO/c1-3-4-17-5-7-18(8-6-17)19-9-11-20(12-10-19)23-15-21-13-16(2)14-22(25)24(21)26-23/h13-14,17-20,23H,3-12,15H2,1-2H3. The SMILES string of the molecule is CCCC1CCC(C2CCC(C3Cc4cc(C)cc(F)c4O3)CC2)CC1. The molecule has 3 aliphatic rings. The molecule has 1 aliphatic heterocycles. The molecule has 0 radical (unpaired) electrons. The van der Waals surface area contributed by atoms with Gasteiger partial charge in [0.1, 0.15) is 6.10 Å². The quantitative estimate of drug-likeness (QED) is 0.572. The van der Waals surface area contributed by atoms with Crippen LogP contribution in [0.1, 0.15) is 82.3 Å². The molecule has 1 aromatic rings. The number of fused-ring (bicyclic) bond motifs is 1. The van der Waals surface area contributed by atoms with Gasteiger partial charge in [0.15, 0.2) is 11.6 Å². The third kappa shape index (κ3) is 3.80. The van der Waals surface area contributed by atoms with Gasteiger partial charge in [0.25, 0.3) is 0 Å². The minimum Gasteiger partial charge on any atom is -0.486 e. The highest BCUT2D eigenvalue weighted by Crippen LogP contribution is 2.45. The molecule has 1 atom stereocenters. The van der Waals surface area contributed by atoms with E-state index in [1.807, 2.05) is 6.92 Å². The fraction of sp³-hybridized carbons (Fsp3) is 0.750. The molecule has 1 unspecified atom stereocenters. The third-order valence-corrected chi connectivity index (χ3v) is 7.55. The van der Waals surface area contributed by atoms with Crippen molar-refractivity contribution in [3.05, 3.63) is 29.1 Å². The summed E-state index contributed by atoms with van der Waals surface area (Å²) in [5.74, 6) is 3.92. The molecule has 1 nitrogen and oxygen atoms in total. The number of rotatable bonds is 4. The van der Waals surface area contributed by atoms with Crippen molar-refractivity contribution in [1.82, 2.24) is 0 Å². The van der Waals surface area contributed by atoms with E-state index < -0.39 is 0 Å². The van der Waals surface area contributed by atoms with Crippen molar-refractivity contribution in [2.24, 2.45) is 23.7 Å². The first-order valence-corrected chi connectivity index (χ1v) is 11.1. The van der Waals surface area contributed by atoms with Gasteiger partial charge in [-0.25, -0.2) is 4.39 Å². The molecule has 0 amide bonds. The van der Waals surface area contributed by atoms with E-state index in [4.69, 9.17) is 4.74 Å². The van der Waals surface area contributed by atoms with Crippen molar-refractivity contribution in [3.8, 4) is 5.75 Å². The average Bonchev–Trinajstić information content (AvgIpc) is 3.07. The maximum absolute atomic E-state index is 14.2. The second-order valence-electron chi connectivity index (χ2n) is 9.34. The van der Waals surface area contributed by atoms with Gasteiger partial charge in [-0.1, -0.05) is 38.7 Å². The lowest BCUT2D eigenvalue weighted by Gasteiger charge is -2.39. The van der Waals surface area contributed by atoms with Crippen LogP contribution in [0.15, 0.2) is 12.1 Å². The number of benzene rings is 1. The van der Waals surface area contributed by atoms with E-state index in [-0.39, 0.29) is 11.9 Å². The minimum atomic E-state index is -0.167. The van der Waals surface area contributed by atoms with E-state index in [1.54, 1.807) is 6.07 Å². The molecule has 1 heterocycles. The second-order valence-corrected chi connectivity index (χ2v) is 9.34. The molecule has 2 fully saturated rings. The first-order valence-electron chi connectivity index (χ1n) is 11.1. The summed E-state index contributed by atoms with van der Waals surface area (Å²) < 4.78 is 20.2. The Hall–Kier alpha value is -1.05. The molecule has 0 N–H and O–H groups in total. The van der Waals surface area contributed by atoms with Crippen LogP contribution in [0.5, 0.6) is 5.75 Å². The third-order valence-electron chi connectivity index (χ3n) is 7.55. The molecule has 0 saturated heterocycles. The fourth-order valence-corrected chi connectivity index (χ4v) is 6.10. The highest BCUT2D eigenvalue weighted by molar-refractivity contribution is 5.41. The van der Waals surface area contributed by atoms with Crippen LogP contribution >= 0.6 is 0 Å². The van der Waals surface area contributed by atoms with E-state index in [1.165, 1.54) is 64.2 Å². The summed E-state index contributed by atoms with van der Waals surface area (Å²) in [5, 5.41) is 0. The Balaban J connectivity index is 1.28. The Morgan fingerprint density at radius 1 is 0.923 bits per heavy atom. The van der Waals surface area contributed by atoms with Gasteiger partial charge in [0, 0.05) is 12.0 Å². The summed E-state index contributed by atoms with van der Waals surface area (Å²) in [4.78, 5) is 0. The number of halogens is 1. The number of ether oxygens (including phenoxy) is 1. The van der Waals surface area contributed by atoms with E-state index in [0.717, 1.165) is 35.3 Å². The summed E-state index contributed by atoms with van der Waals surface area (Å²) >= 11 is 0. The molecular weight excluding hydrogens is 323 g/mol. The zero-order valence-corrected chi connectivity index (χ0v) is 16.6. The number of hydrogen-bond donors (Lipinski definition) is 0. The molecule has 4 rings (SSSR count). The maximum atomic E-state index is 14.2. The van der Waals surface area contributed by atoms with Crippen LogP contribution in [0.3, 0.4) is 0 Å². The van der Waals surface area contributed by atoms with E-state index >= 15 is 0 Å². The van der Waals surface area contributed by atoms with Crippen molar-refractivity contribution in [2.75, 3.05) is 0 Å². The maximum Gasteiger partial charge on any atom is 0.165 e. The van der Waals surface area contributed by atoms with Gasteiger partial charge in [0.2, 0.25) is 0 Å². The zero-order valence-electron chi connectivity index (χ0n) is 16.6. The summed E-state index contributed by atoms with van der Waals surface area (Å²) in [6.07, 6.45) is 15.1. The smallest absolute Gasteiger partial charge is 0.165 e. The van der Waals surface area contributed by atoms with E-state index in [9.17, 15) is 4.39 Å². The van der Waals surface area contributed by atoms with Crippen LogP contribution in [-0.2, 0) is 6.42 Å². The van der Waals surface area contributed by atoms with Gasteiger partial charge in [-0.05, 0) is 80.8 Å². The molecule has 144 valence electrons. The van der Waals surface area contributed by atoms with Gasteiger partial charge in [-0.2, -0.15) is 0 Å². The van der Waals surface area contributed by atoms with E-state index in [2.05, 4.69) is 13.0 Å². The van der Waals surface area contributed by atoms with Crippen LogP contribution in [0.25, 0.3) is 0 Å². The molecule has 2 saturated carbocycles. The Labute approximate surface area is 158 Å². The first-order chi connectivity index (χ1) is 12.6. The van der Waals surface area contributed by atoms with Crippen LogP contribution in [-0.4, -0.2) is 6.10 Å². The topological polar surface area (TPSA) is 9.23 Å². The zero-order chi connectivity index (χ0) is 18.1. The summed E-state index contributed by atoms with van der Waals surface area (Å²) in [6.45, 7) is 4.29. The molecule has 1 aromatic carbocycles. The first kappa shape index (κ1) is 18.3. The molecular formula is C24H35FO. The molecule has 0 spiro atoms. The minimum absolute atomic E-state index is 0.167. The summed E-state index contributed by atoms with van der Waals surface area (Å²) in [6, 6.07) is 3.71. The monoisotopic (exact) mass is 358 g/mol. The summed E-state index contributed by atoms with van der Waals surface area (Å²) in [7, 11) is 0. The molecule has 2 heteroatoms. The van der Waals surface area contributed by atoms with E-state index in [0.29, 0.717) is 11.7 Å². The normalized spacial score (nSPS) is 34.3. The van der Waals surface area contributed by atoms with Gasteiger partial charge < -0.3 is 4.74 Å². The molecule has 26 heavy (non-hydrogen) atoms. The lowest BCUT2D eigenvalue weighted by molar-refractivity contribution is 0.0831. The van der Waals surface area contributed by atoms with Crippen molar-refractivity contribution in [3.63, 3.8) is 0 Å². The fourth-order valence-electron chi connectivity index (χ4n) is 6.10. The lowest BCUT2D eigenvalue weighted by Crippen LogP contribution is -2.32. The summed E-state index contributed by atoms with van der Waals surface area (Å²) in [5.41, 5.74) is 2.09. The highest BCUT2D eigenvalue weighted by atomic mass is 19.1. The van der Waals surface area contributed by atoms with Gasteiger partial charge in [0.05, 0.1) is 0 Å². The lowest BCUT2D eigenvalue weighted by atomic mass is 9.68. The molecule has 0 aromatic heterocycles. The van der Waals surface area contributed by atoms with Gasteiger partial charge >= 0.3 is 0 Å². The van der Waals surface area contributed by atoms with Gasteiger partial charge in [-0.15, -0.1) is 0 Å². The van der Waals surface area contributed by atoms with Gasteiger partial charge in [-0.3, -0.25) is 0 Å². The van der Waals surface area contributed by atoms with Crippen molar-refractivity contribution >= 4 is 0 Å². The second kappa shape index (κ2) is 7.90. The number of aryl methyl sites for hydroxylation is 1. The van der Waals surface area contributed by atoms with Crippen molar-refractivity contribution in [2.45, 2.75) is 90.6 Å². The molecule has 0 bridgehead atoms. The predicted molar refractivity (Wildman–Crippen MR) is 105 cm³/mol. The number of hydrogen-bond acceptors (Lipinski definition) is 1. The molecule has 2 aliphatic carbocycles. The Kier molecular flexibility index (Phi) is 5.57. The average molecular weight is 359 g/mol. The van der Waals surface area contributed by atoms with Crippen LogP contribution in [0.4, 0.5) is 4.39 Å². The van der Waals surface area contributed by atoms with Crippen molar-refractivity contribution < 1.29 is 9.13 Å². The van der Waals surface area contributed by atoms with Crippen LogP contribution in [0.2, 0.25) is 0 Å². The van der Waals surface area contributed by atoms with Crippen molar-refractivity contribution in [1.29, 1.82) is 0 Å². The Morgan fingerprint density at radius 3 is 2.19 bits per heavy atom. The van der Waals surface area contributed by atoms with Crippen LogP contribution in [0, 0.1) is 36.4 Å². The Bertz CT molecular complexity index is 609. The highest BCUT2D eigenvalue weighted by Gasteiger charge is 2.37. The largest absolute Gasteiger partial charge is 0.486 e. The predicted octanol–water partition coefficient (Wildman–Crippen LogP) is 6.85. The Morgan fingerprint density at radius 2 is 1.54 bits per heavy atom.